The minimum Gasteiger partial charge on any atom is -0.356 e. The van der Waals surface area contributed by atoms with Gasteiger partial charge in [-0.15, -0.1) is 24.0 Å². The Balaban J connectivity index is 0.00000289. The molecule has 3 nitrogen and oxygen atoms in total. The number of aliphatic imine (C=N–C) groups is 1. The van der Waals surface area contributed by atoms with Gasteiger partial charge in [-0.25, -0.2) is 4.99 Å². The highest BCUT2D eigenvalue weighted by molar-refractivity contribution is 14.0. The summed E-state index contributed by atoms with van der Waals surface area (Å²) >= 11 is 0. The maximum Gasteiger partial charge on any atom is 0.193 e. The van der Waals surface area contributed by atoms with Gasteiger partial charge in [0.05, 0.1) is 13.2 Å². The van der Waals surface area contributed by atoms with Gasteiger partial charge in [-0.05, 0) is 12.0 Å². The molecule has 0 amide bonds. The fourth-order valence-corrected chi connectivity index (χ4v) is 1.37. The topological polar surface area (TPSA) is 27.6 Å². The molecule has 0 unspecified atom stereocenters. The summed E-state index contributed by atoms with van der Waals surface area (Å²) < 4.78 is 12.0. The van der Waals surface area contributed by atoms with Gasteiger partial charge in [-0.2, -0.15) is 0 Å². The molecule has 1 aromatic carbocycles. The summed E-state index contributed by atoms with van der Waals surface area (Å²) in [4.78, 5) is 6.38. The number of guanidine groups is 1. The van der Waals surface area contributed by atoms with E-state index in [4.69, 9.17) is 0 Å². The van der Waals surface area contributed by atoms with Crippen molar-refractivity contribution in [3.8, 4) is 0 Å². The maximum atomic E-state index is 12.0. The van der Waals surface area contributed by atoms with Gasteiger partial charge in [-0.3, -0.25) is 4.39 Å². The van der Waals surface area contributed by atoms with Crippen LogP contribution in [0.2, 0.25) is 0 Å². The Bertz CT molecular complexity index is 341. The zero-order chi connectivity index (χ0) is 12.5. The number of nitrogens with one attached hydrogen (secondary N) is 1. The van der Waals surface area contributed by atoms with Crippen LogP contribution in [0.5, 0.6) is 0 Å². The zero-order valence-corrected chi connectivity index (χ0v) is 13.2. The molecule has 18 heavy (non-hydrogen) atoms. The van der Waals surface area contributed by atoms with Crippen molar-refractivity contribution in [3.63, 3.8) is 0 Å². The maximum absolute atomic E-state index is 12.0. The third-order valence-corrected chi connectivity index (χ3v) is 2.27. The van der Waals surface area contributed by atoms with E-state index in [1.165, 1.54) is 5.56 Å². The molecule has 0 fully saturated rings. The molecule has 0 radical (unpaired) electrons. The van der Waals surface area contributed by atoms with Gasteiger partial charge in [-0.1, -0.05) is 30.3 Å². The molecule has 0 aliphatic rings. The molecule has 0 heterocycles. The quantitative estimate of drug-likeness (QED) is 0.376. The molecule has 0 atom stereocenters. The first kappa shape index (κ1) is 17.2. The molecule has 5 heteroatoms. The Morgan fingerprint density at radius 2 is 1.94 bits per heavy atom. The van der Waals surface area contributed by atoms with E-state index in [-0.39, 0.29) is 30.7 Å². The minimum absolute atomic E-state index is 0. The molecule has 0 aromatic heterocycles. The largest absolute Gasteiger partial charge is 0.356 e. The molecule has 1 rings (SSSR count). The highest BCUT2D eigenvalue weighted by Gasteiger charge is 2.00. The zero-order valence-electron chi connectivity index (χ0n) is 10.9. The number of rotatable bonds is 5. The van der Waals surface area contributed by atoms with Crippen molar-refractivity contribution in [1.29, 1.82) is 0 Å². The van der Waals surface area contributed by atoms with Crippen LogP contribution in [0.1, 0.15) is 12.0 Å². The molecule has 0 aliphatic heterocycles. The minimum atomic E-state index is -0.299. The van der Waals surface area contributed by atoms with Crippen LogP contribution in [0.15, 0.2) is 35.3 Å². The number of nitrogens with zero attached hydrogens (tertiary/aromatic N) is 2. The van der Waals surface area contributed by atoms with Crippen molar-refractivity contribution >= 4 is 29.9 Å². The summed E-state index contributed by atoms with van der Waals surface area (Å²) in [5.41, 5.74) is 1.17. The summed E-state index contributed by atoms with van der Waals surface area (Å²) in [6, 6.07) is 10.1. The van der Waals surface area contributed by atoms with Crippen molar-refractivity contribution in [1.82, 2.24) is 10.2 Å². The van der Waals surface area contributed by atoms with Crippen molar-refractivity contribution in [2.75, 3.05) is 27.3 Å². The van der Waals surface area contributed by atoms with E-state index in [2.05, 4.69) is 10.3 Å². The van der Waals surface area contributed by atoms with Crippen LogP contribution in [-0.4, -0.2) is 38.2 Å². The van der Waals surface area contributed by atoms with Crippen LogP contribution in [0.25, 0.3) is 0 Å². The smallest absolute Gasteiger partial charge is 0.193 e. The SMILES string of the molecule is CN(C)C(=NCc1ccccc1)NCCCF.I. The van der Waals surface area contributed by atoms with Crippen molar-refractivity contribution in [3.05, 3.63) is 35.9 Å². The van der Waals surface area contributed by atoms with Crippen LogP contribution in [-0.2, 0) is 6.54 Å². The molecule has 0 bridgehead atoms. The van der Waals surface area contributed by atoms with E-state index < -0.39 is 0 Å². The first-order valence-electron chi connectivity index (χ1n) is 5.79. The second-order valence-corrected chi connectivity index (χ2v) is 3.99. The number of hydrogen-bond donors (Lipinski definition) is 1. The standard InChI is InChI=1S/C13H20FN3.HI/c1-17(2)13(15-10-6-9-14)16-11-12-7-4-3-5-8-12;/h3-5,7-8H,6,9-11H2,1-2H3,(H,15,16);1H. The molecule has 0 saturated carbocycles. The Hall–Kier alpha value is -0.850. The Labute approximate surface area is 126 Å². The van der Waals surface area contributed by atoms with Crippen molar-refractivity contribution < 1.29 is 4.39 Å². The highest BCUT2D eigenvalue weighted by Crippen LogP contribution is 2.00. The van der Waals surface area contributed by atoms with Crippen LogP contribution in [0.3, 0.4) is 0 Å². The summed E-state index contributed by atoms with van der Waals surface area (Å²) in [6.45, 7) is 0.950. The fourth-order valence-electron chi connectivity index (χ4n) is 1.37. The third kappa shape index (κ3) is 6.78. The van der Waals surface area contributed by atoms with E-state index >= 15 is 0 Å². The second-order valence-electron chi connectivity index (χ2n) is 3.99. The normalized spacial score (nSPS) is 10.7. The Kier molecular flexibility index (Phi) is 9.63. The second kappa shape index (κ2) is 10.1. The van der Waals surface area contributed by atoms with E-state index in [9.17, 15) is 4.39 Å². The predicted molar refractivity (Wildman–Crippen MR) is 85.3 cm³/mol. The molecule has 0 saturated heterocycles. The van der Waals surface area contributed by atoms with Gasteiger partial charge < -0.3 is 10.2 Å². The predicted octanol–water partition coefficient (Wildman–Crippen LogP) is 2.67. The summed E-state index contributed by atoms with van der Waals surface area (Å²) in [5.74, 6) is 0.794. The van der Waals surface area contributed by atoms with Crippen LogP contribution < -0.4 is 5.32 Å². The molecule has 1 aromatic rings. The van der Waals surface area contributed by atoms with E-state index in [1.54, 1.807) is 0 Å². The van der Waals surface area contributed by atoms with E-state index in [0.717, 1.165) is 5.96 Å². The monoisotopic (exact) mass is 365 g/mol. The summed E-state index contributed by atoms with van der Waals surface area (Å²) in [6.07, 6.45) is 0.512. The molecular weight excluding hydrogens is 344 g/mol. The van der Waals surface area contributed by atoms with Gasteiger partial charge in [0.2, 0.25) is 0 Å². The van der Waals surface area contributed by atoms with E-state index in [1.807, 2.05) is 49.3 Å². The molecule has 1 N–H and O–H groups in total. The summed E-state index contributed by atoms with van der Waals surface area (Å²) in [5, 5.41) is 3.13. The van der Waals surface area contributed by atoms with Crippen molar-refractivity contribution in [2.45, 2.75) is 13.0 Å². The Morgan fingerprint density at radius 1 is 1.28 bits per heavy atom. The Morgan fingerprint density at radius 3 is 2.50 bits per heavy atom. The van der Waals surface area contributed by atoms with Crippen LogP contribution in [0.4, 0.5) is 4.39 Å². The average molecular weight is 365 g/mol. The lowest BCUT2D eigenvalue weighted by molar-refractivity contribution is 0.466. The molecule has 0 aliphatic carbocycles. The van der Waals surface area contributed by atoms with Gasteiger partial charge in [0.15, 0.2) is 5.96 Å². The molecule has 0 spiro atoms. The molecule has 102 valence electrons. The van der Waals surface area contributed by atoms with Crippen LogP contribution in [0, 0.1) is 0 Å². The lowest BCUT2D eigenvalue weighted by Gasteiger charge is -2.17. The van der Waals surface area contributed by atoms with E-state index in [0.29, 0.717) is 19.5 Å². The van der Waals surface area contributed by atoms with Gasteiger partial charge in [0.1, 0.15) is 0 Å². The third-order valence-electron chi connectivity index (χ3n) is 2.27. The highest BCUT2D eigenvalue weighted by atomic mass is 127. The van der Waals surface area contributed by atoms with Gasteiger partial charge in [0, 0.05) is 20.6 Å². The number of halogens is 2. The lowest BCUT2D eigenvalue weighted by atomic mass is 10.2. The number of benzene rings is 1. The van der Waals surface area contributed by atoms with Crippen molar-refractivity contribution in [2.24, 2.45) is 4.99 Å². The number of alkyl halides is 1. The average Bonchev–Trinajstić information content (AvgIpc) is 2.34. The van der Waals surface area contributed by atoms with Gasteiger partial charge >= 0.3 is 0 Å². The first-order valence-corrected chi connectivity index (χ1v) is 5.79. The van der Waals surface area contributed by atoms with Gasteiger partial charge in [0.25, 0.3) is 0 Å². The first-order chi connectivity index (χ1) is 8.24. The van der Waals surface area contributed by atoms with Crippen LogP contribution >= 0.6 is 24.0 Å². The number of hydrogen-bond acceptors (Lipinski definition) is 1. The molecular formula is C13H21FIN3. The lowest BCUT2D eigenvalue weighted by Crippen LogP contribution is -2.37. The summed E-state index contributed by atoms with van der Waals surface area (Å²) in [7, 11) is 3.85. The fraction of sp³-hybridized carbons (Fsp3) is 0.462.